The molecule has 2 heterocycles. The quantitative estimate of drug-likeness (QED) is 0.852. The van der Waals surface area contributed by atoms with Crippen LogP contribution in [0.15, 0.2) is 28.8 Å². The fraction of sp³-hybridized carbons (Fsp3) is 0.0909. The molecule has 0 aliphatic carbocycles. The van der Waals surface area contributed by atoms with Crippen molar-refractivity contribution in [3.63, 3.8) is 0 Å². The van der Waals surface area contributed by atoms with E-state index in [9.17, 15) is 13.2 Å². The predicted molar refractivity (Wildman–Crippen MR) is 66.9 cm³/mol. The third-order valence-corrected chi connectivity index (χ3v) is 3.59. The average Bonchev–Trinajstić information content (AvgIpc) is 2.86. The van der Waals surface area contributed by atoms with Crippen LogP contribution in [-0.4, -0.2) is 30.6 Å². The van der Waals surface area contributed by atoms with Crippen molar-refractivity contribution in [3.8, 4) is 17.0 Å². The molecule has 9 heteroatoms. The van der Waals surface area contributed by atoms with Gasteiger partial charge in [0, 0.05) is 11.6 Å². The van der Waals surface area contributed by atoms with E-state index in [0.29, 0.717) is 11.3 Å². The summed E-state index contributed by atoms with van der Waals surface area (Å²) in [6.45, 7) is 0. The minimum Gasteiger partial charge on any atom is -0.475 e. The summed E-state index contributed by atoms with van der Waals surface area (Å²) in [6.07, 6.45) is 0. The SMILES string of the molecule is O=C(O)c1cc(-c2ccc3c(c2)NS(=O)(=O)CO3)no1. The van der Waals surface area contributed by atoms with Gasteiger partial charge in [0.1, 0.15) is 11.4 Å². The van der Waals surface area contributed by atoms with E-state index in [-0.39, 0.29) is 17.1 Å². The molecule has 0 amide bonds. The van der Waals surface area contributed by atoms with Crippen molar-refractivity contribution in [1.82, 2.24) is 5.16 Å². The van der Waals surface area contributed by atoms with E-state index in [1.165, 1.54) is 12.1 Å². The average molecular weight is 296 g/mol. The van der Waals surface area contributed by atoms with Crippen LogP contribution >= 0.6 is 0 Å². The van der Waals surface area contributed by atoms with Gasteiger partial charge in [0.2, 0.25) is 11.7 Å². The lowest BCUT2D eigenvalue weighted by atomic mass is 10.1. The molecular weight excluding hydrogens is 288 g/mol. The van der Waals surface area contributed by atoms with Gasteiger partial charge in [-0.05, 0) is 18.2 Å². The number of sulfonamides is 1. The molecule has 2 N–H and O–H groups in total. The number of carboxylic acids is 1. The summed E-state index contributed by atoms with van der Waals surface area (Å²) in [5, 5.41) is 12.4. The maximum Gasteiger partial charge on any atom is 0.374 e. The van der Waals surface area contributed by atoms with Crippen LogP contribution < -0.4 is 9.46 Å². The zero-order valence-electron chi connectivity index (χ0n) is 9.86. The van der Waals surface area contributed by atoms with Crippen molar-refractivity contribution in [3.05, 3.63) is 30.0 Å². The molecule has 0 unspecified atom stereocenters. The van der Waals surface area contributed by atoms with Crippen LogP contribution in [-0.2, 0) is 10.0 Å². The van der Waals surface area contributed by atoms with E-state index < -0.39 is 21.9 Å². The number of carbonyl (C=O) groups is 1. The summed E-state index contributed by atoms with van der Waals surface area (Å²) in [5.74, 6) is -1.57. The molecule has 0 fully saturated rings. The monoisotopic (exact) mass is 296 g/mol. The Hall–Kier alpha value is -2.55. The van der Waals surface area contributed by atoms with Gasteiger partial charge in [-0.3, -0.25) is 4.72 Å². The Labute approximate surface area is 113 Å². The first-order valence-corrected chi connectivity index (χ1v) is 7.07. The molecule has 1 aliphatic heterocycles. The fourth-order valence-corrected chi connectivity index (χ4v) is 2.58. The van der Waals surface area contributed by atoms with E-state index >= 15 is 0 Å². The first-order chi connectivity index (χ1) is 9.44. The summed E-state index contributed by atoms with van der Waals surface area (Å²) in [4.78, 5) is 10.7. The molecule has 1 aromatic heterocycles. The zero-order chi connectivity index (χ0) is 14.3. The van der Waals surface area contributed by atoms with Gasteiger partial charge in [0.15, 0.2) is 0 Å². The predicted octanol–water partition coefficient (Wildman–Crippen LogP) is 1.13. The second-order valence-electron chi connectivity index (χ2n) is 4.07. The summed E-state index contributed by atoms with van der Waals surface area (Å²) in [5.41, 5.74) is 1.07. The van der Waals surface area contributed by atoms with Crippen LogP contribution in [0.25, 0.3) is 11.3 Å². The second kappa shape index (κ2) is 4.23. The molecule has 1 aliphatic rings. The molecule has 0 spiro atoms. The van der Waals surface area contributed by atoms with Gasteiger partial charge >= 0.3 is 5.97 Å². The first-order valence-electron chi connectivity index (χ1n) is 5.42. The Balaban J connectivity index is 2.01. The molecule has 3 rings (SSSR count). The Kier molecular flexibility index (Phi) is 2.64. The highest BCUT2D eigenvalue weighted by Gasteiger charge is 2.22. The molecule has 104 valence electrons. The van der Waals surface area contributed by atoms with Crippen molar-refractivity contribution in [1.29, 1.82) is 0 Å². The number of benzene rings is 1. The summed E-state index contributed by atoms with van der Waals surface area (Å²) in [6, 6.07) is 5.95. The van der Waals surface area contributed by atoms with Crippen LogP contribution in [0.1, 0.15) is 10.6 Å². The van der Waals surface area contributed by atoms with Crippen molar-refractivity contribution >= 4 is 21.7 Å². The number of nitrogens with one attached hydrogen (secondary N) is 1. The number of aromatic nitrogens is 1. The topological polar surface area (TPSA) is 119 Å². The third kappa shape index (κ3) is 2.18. The lowest BCUT2D eigenvalue weighted by Gasteiger charge is -2.19. The number of nitrogens with zero attached hydrogens (tertiary/aromatic N) is 1. The smallest absolute Gasteiger partial charge is 0.374 e. The number of carboxylic acid groups (broad SMARTS) is 1. The van der Waals surface area contributed by atoms with Gasteiger partial charge in [0.25, 0.3) is 10.0 Å². The Morgan fingerprint density at radius 1 is 1.35 bits per heavy atom. The molecule has 0 atom stereocenters. The van der Waals surface area contributed by atoms with Crippen molar-refractivity contribution in [2.45, 2.75) is 0 Å². The number of hydrogen-bond acceptors (Lipinski definition) is 6. The number of hydrogen-bond donors (Lipinski definition) is 2. The van der Waals surface area contributed by atoms with Gasteiger partial charge in [-0.25, -0.2) is 13.2 Å². The Bertz CT molecular complexity index is 795. The van der Waals surface area contributed by atoms with Gasteiger partial charge in [-0.1, -0.05) is 5.16 Å². The summed E-state index contributed by atoms with van der Waals surface area (Å²) >= 11 is 0. The number of anilines is 1. The normalized spacial score (nSPS) is 15.8. The molecular formula is C11H8N2O6S. The van der Waals surface area contributed by atoms with E-state index in [2.05, 4.69) is 14.4 Å². The molecule has 0 saturated heterocycles. The minimum atomic E-state index is -3.51. The van der Waals surface area contributed by atoms with Crippen LogP contribution in [0.3, 0.4) is 0 Å². The zero-order valence-corrected chi connectivity index (χ0v) is 10.7. The van der Waals surface area contributed by atoms with Crippen LogP contribution in [0.4, 0.5) is 5.69 Å². The summed E-state index contributed by atoms with van der Waals surface area (Å²) < 4.78 is 34.9. The van der Waals surface area contributed by atoms with Gasteiger partial charge < -0.3 is 14.4 Å². The molecule has 0 saturated carbocycles. The molecule has 20 heavy (non-hydrogen) atoms. The molecule has 0 bridgehead atoms. The van der Waals surface area contributed by atoms with Gasteiger partial charge in [-0.15, -0.1) is 0 Å². The lowest BCUT2D eigenvalue weighted by Crippen LogP contribution is -2.25. The minimum absolute atomic E-state index is 0.272. The highest BCUT2D eigenvalue weighted by Crippen LogP contribution is 2.33. The van der Waals surface area contributed by atoms with E-state index in [4.69, 9.17) is 9.84 Å². The van der Waals surface area contributed by atoms with E-state index in [1.807, 2.05) is 0 Å². The van der Waals surface area contributed by atoms with Crippen LogP contribution in [0, 0.1) is 0 Å². The van der Waals surface area contributed by atoms with Gasteiger partial charge in [-0.2, -0.15) is 0 Å². The number of aromatic carboxylic acids is 1. The fourth-order valence-electron chi connectivity index (χ4n) is 1.75. The largest absolute Gasteiger partial charge is 0.475 e. The number of fused-ring (bicyclic) bond motifs is 1. The molecule has 1 aromatic carbocycles. The maximum absolute atomic E-state index is 11.4. The molecule has 8 nitrogen and oxygen atoms in total. The van der Waals surface area contributed by atoms with Crippen molar-refractivity contribution < 1.29 is 27.6 Å². The number of rotatable bonds is 2. The van der Waals surface area contributed by atoms with Gasteiger partial charge in [0.05, 0.1) is 5.69 Å². The highest BCUT2D eigenvalue weighted by molar-refractivity contribution is 7.92. The van der Waals surface area contributed by atoms with E-state index in [0.717, 1.165) is 0 Å². The van der Waals surface area contributed by atoms with Crippen LogP contribution in [0.2, 0.25) is 0 Å². The van der Waals surface area contributed by atoms with Crippen molar-refractivity contribution in [2.75, 3.05) is 10.7 Å². The van der Waals surface area contributed by atoms with Crippen molar-refractivity contribution in [2.24, 2.45) is 0 Å². The third-order valence-electron chi connectivity index (χ3n) is 2.63. The van der Waals surface area contributed by atoms with E-state index in [1.54, 1.807) is 12.1 Å². The Morgan fingerprint density at radius 2 is 2.15 bits per heavy atom. The standard InChI is InChI=1S/C11H8N2O6S/c14-11(15)10-4-7(12-19-10)6-1-2-9-8(3-6)13-20(16,17)5-18-9/h1-4,13H,5H2,(H,14,15). The summed E-state index contributed by atoms with van der Waals surface area (Å²) in [7, 11) is -3.51. The Morgan fingerprint density at radius 3 is 2.85 bits per heavy atom. The van der Waals surface area contributed by atoms with Crippen LogP contribution in [0.5, 0.6) is 5.75 Å². The lowest BCUT2D eigenvalue weighted by molar-refractivity contribution is 0.0652. The second-order valence-corrected chi connectivity index (χ2v) is 5.74. The number of ether oxygens (including phenoxy) is 1. The molecule has 2 aromatic rings. The first kappa shape index (κ1) is 12.5. The molecule has 0 radical (unpaired) electrons. The maximum atomic E-state index is 11.4. The highest BCUT2D eigenvalue weighted by atomic mass is 32.2.